The molecule has 1 amide bonds. The van der Waals surface area contributed by atoms with Gasteiger partial charge in [-0.15, -0.1) is 11.3 Å². The molecule has 108 valence electrons. The number of aliphatic hydroxyl groups excluding tert-OH is 2. The van der Waals surface area contributed by atoms with Crippen molar-refractivity contribution < 1.29 is 15.0 Å². The first kappa shape index (κ1) is 15.0. The van der Waals surface area contributed by atoms with Crippen LogP contribution in [0.25, 0.3) is 0 Å². The molecule has 0 radical (unpaired) electrons. The quantitative estimate of drug-likeness (QED) is 0.827. The number of carbonyl (C=O) groups excluding carboxylic acids is 1. The van der Waals surface area contributed by atoms with Gasteiger partial charge in [0.2, 0.25) is 0 Å². The van der Waals surface area contributed by atoms with Crippen LogP contribution in [-0.2, 0) is 0 Å². The van der Waals surface area contributed by atoms with Gasteiger partial charge in [-0.3, -0.25) is 4.79 Å². The Bertz CT molecular complexity index is 513. The molecular formula is C15H19NO3S. The van der Waals surface area contributed by atoms with Crippen LogP contribution in [0.2, 0.25) is 0 Å². The monoisotopic (exact) mass is 293 g/mol. The summed E-state index contributed by atoms with van der Waals surface area (Å²) in [7, 11) is 0. The summed E-state index contributed by atoms with van der Waals surface area (Å²) in [6.07, 6.45) is 2.82. The molecule has 1 fully saturated rings. The molecule has 1 aromatic rings. The van der Waals surface area contributed by atoms with Gasteiger partial charge in [0.15, 0.2) is 0 Å². The third-order valence-electron chi connectivity index (χ3n) is 3.51. The van der Waals surface area contributed by atoms with Crippen molar-refractivity contribution in [3.05, 3.63) is 21.9 Å². The van der Waals surface area contributed by atoms with Crippen LogP contribution in [0, 0.1) is 17.8 Å². The molecule has 0 aliphatic carbocycles. The number of amides is 1. The van der Waals surface area contributed by atoms with Crippen LogP contribution in [0.3, 0.4) is 0 Å². The highest BCUT2D eigenvalue weighted by atomic mass is 32.1. The number of nitrogens with zero attached hydrogens (tertiary/aromatic N) is 1. The number of piperidine rings is 1. The van der Waals surface area contributed by atoms with Crippen molar-refractivity contribution >= 4 is 17.2 Å². The Labute approximate surface area is 123 Å². The Morgan fingerprint density at radius 1 is 1.50 bits per heavy atom. The summed E-state index contributed by atoms with van der Waals surface area (Å²) < 4.78 is 0. The van der Waals surface area contributed by atoms with Crippen LogP contribution >= 0.6 is 11.3 Å². The molecule has 0 bridgehead atoms. The number of likely N-dealkylation sites (tertiary alicyclic amines) is 1. The van der Waals surface area contributed by atoms with Crippen molar-refractivity contribution in [3.63, 3.8) is 0 Å². The number of hydrogen-bond donors (Lipinski definition) is 2. The van der Waals surface area contributed by atoms with E-state index in [1.54, 1.807) is 0 Å². The van der Waals surface area contributed by atoms with E-state index in [1.807, 2.05) is 16.3 Å². The Morgan fingerprint density at radius 3 is 3.10 bits per heavy atom. The van der Waals surface area contributed by atoms with Gasteiger partial charge in [0.05, 0.1) is 0 Å². The molecule has 20 heavy (non-hydrogen) atoms. The Kier molecular flexibility index (Phi) is 5.60. The van der Waals surface area contributed by atoms with Crippen molar-refractivity contribution in [2.24, 2.45) is 5.92 Å². The fourth-order valence-electron chi connectivity index (χ4n) is 2.52. The minimum atomic E-state index is -0.203. The van der Waals surface area contributed by atoms with Crippen LogP contribution in [-0.4, -0.2) is 47.3 Å². The van der Waals surface area contributed by atoms with Gasteiger partial charge in [0.25, 0.3) is 5.91 Å². The summed E-state index contributed by atoms with van der Waals surface area (Å²) in [6, 6.07) is 1.82. The lowest BCUT2D eigenvalue weighted by molar-refractivity contribution is 0.0658. The molecule has 1 unspecified atom stereocenters. The predicted octanol–water partition coefficient (Wildman–Crippen LogP) is 1.33. The average Bonchev–Trinajstić information content (AvgIpc) is 2.93. The fraction of sp³-hybridized carbons (Fsp3) is 0.533. The topological polar surface area (TPSA) is 60.8 Å². The third kappa shape index (κ3) is 3.60. The SMILES string of the molecule is O=C(c1sccc1C#CCO)N1CCCC(CCO)C1. The van der Waals surface area contributed by atoms with Crippen molar-refractivity contribution in [1.29, 1.82) is 0 Å². The van der Waals surface area contributed by atoms with Crippen molar-refractivity contribution in [3.8, 4) is 11.8 Å². The highest BCUT2D eigenvalue weighted by molar-refractivity contribution is 7.12. The molecule has 1 aliphatic rings. The molecule has 2 N–H and O–H groups in total. The second kappa shape index (κ2) is 7.44. The van der Waals surface area contributed by atoms with Gasteiger partial charge in [0.1, 0.15) is 11.5 Å². The van der Waals surface area contributed by atoms with Crippen molar-refractivity contribution in [2.45, 2.75) is 19.3 Å². The van der Waals surface area contributed by atoms with E-state index in [0.29, 0.717) is 22.9 Å². The van der Waals surface area contributed by atoms with Crippen LogP contribution < -0.4 is 0 Å². The molecule has 1 atom stereocenters. The van der Waals surface area contributed by atoms with E-state index in [9.17, 15) is 4.79 Å². The first-order valence-corrected chi connectivity index (χ1v) is 7.71. The van der Waals surface area contributed by atoms with E-state index in [-0.39, 0.29) is 19.1 Å². The molecule has 2 heterocycles. The van der Waals surface area contributed by atoms with Gasteiger partial charge in [0, 0.05) is 25.3 Å². The second-order valence-corrected chi connectivity index (χ2v) is 5.81. The summed E-state index contributed by atoms with van der Waals surface area (Å²) in [5, 5.41) is 19.6. The van der Waals surface area contributed by atoms with E-state index in [0.717, 1.165) is 25.8 Å². The van der Waals surface area contributed by atoms with Crippen molar-refractivity contribution in [2.75, 3.05) is 26.3 Å². The predicted molar refractivity (Wildman–Crippen MR) is 78.6 cm³/mol. The van der Waals surface area contributed by atoms with Gasteiger partial charge in [-0.05, 0) is 36.6 Å². The van der Waals surface area contributed by atoms with Gasteiger partial charge >= 0.3 is 0 Å². The largest absolute Gasteiger partial charge is 0.396 e. The number of thiophene rings is 1. The number of rotatable bonds is 3. The smallest absolute Gasteiger partial charge is 0.265 e. The van der Waals surface area contributed by atoms with E-state index in [4.69, 9.17) is 10.2 Å². The molecule has 2 rings (SSSR count). The van der Waals surface area contributed by atoms with Crippen LogP contribution in [0.4, 0.5) is 0 Å². The van der Waals surface area contributed by atoms with Crippen molar-refractivity contribution in [1.82, 2.24) is 4.90 Å². The lowest BCUT2D eigenvalue weighted by Crippen LogP contribution is -2.40. The molecule has 1 aromatic heterocycles. The highest BCUT2D eigenvalue weighted by Crippen LogP contribution is 2.24. The van der Waals surface area contributed by atoms with E-state index in [2.05, 4.69) is 11.8 Å². The minimum Gasteiger partial charge on any atom is -0.396 e. The molecule has 1 saturated heterocycles. The van der Waals surface area contributed by atoms with Gasteiger partial charge in [-0.2, -0.15) is 0 Å². The zero-order valence-electron chi connectivity index (χ0n) is 11.3. The van der Waals surface area contributed by atoms with Gasteiger partial charge in [-0.25, -0.2) is 0 Å². The Morgan fingerprint density at radius 2 is 2.35 bits per heavy atom. The van der Waals surface area contributed by atoms with Gasteiger partial charge in [-0.1, -0.05) is 11.8 Å². The molecule has 0 saturated carbocycles. The summed E-state index contributed by atoms with van der Waals surface area (Å²) in [5.74, 6) is 5.82. The standard InChI is InChI=1S/C15H19NO3S/c17-8-2-4-13-6-10-20-14(13)15(19)16-7-1-3-12(11-16)5-9-18/h6,10,12,17-18H,1,3,5,7-9,11H2. The van der Waals surface area contributed by atoms with Crippen LogP contribution in [0.1, 0.15) is 34.5 Å². The maximum atomic E-state index is 12.5. The molecule has 5 heteroatoms. The van der Waals surface area contributed by atoms with Crippen LogP contribution in [0.5, 0.6) is 0 Å². The summed E-state index contributed by atoms with van der Waals surface area (Å²) in [6.45, 7) is 1.46. The normalized spacial score (nSPS) is 18.5. The molecule has 0 aromatic carbocycles. The van der Waals surface area contributed by atoms with Gasteiger partial charge < -0.3 is 15.1 Å². The first-order valence-electron chi connectivity index (χ1n) is 6.83. The van der Waals surface area contributed by atoms with Crippen LogP contribution in [0.15, 0.2) is 11.4 Å². The third-order valence-corrected chi connectivity index (χ3v) is 4.41. The summed E-state index contributed by atoms with van der Waals surface area (Å²) >= 11 is 1.39. The average molecular weight is 293 g/mol. The highest BCUT2D eigenvalue weighted by Gasteiger charge is 2.25. The van der Waals surface area contributed by atoms with E-state index in [1.165, 1.54) is 11.3 Å². The lowest BCUT2D eigenvalue weighted by Gasteiger charge is -2.32. The zero-order chi connectivity index (χ0) is 14.4. The molecule has 1 aliphatic heterocycles. The number of aliphatic hydroxyl groups is 2. The van der Waals surface area contributed by atoms with E-state index >= 15 is 0 Å². The summed E-state index contributed by atoms with van der Waals surface area (Å²) in [5.41, 5.74) is 0.693. The Hall–Kier alpha value is -1.35. The second-order valence-electron chi connectivity index (χ2n) is 4.89. The Balaban J connectivity index is 2.09. The molecular weight excluding hydrogens is 274 g/mol. The zero-order valence-corrected chi connectivity index (χ0v) is 12.2. The minimum absolute atomic E-state index is 0.0184. The summed E-state index contributed by atoms with van der Waals surface area (Å²) in [4.78, 5) is 15.0. The fourth-order valence-corrected chi connectivity index (χ4v) is 3.34. The molecule has 0 spiro atoms. The number of hydrogen-bond acceptors (Lipinski definition) is 4. The lowest BCUT2D eigenvalue weighted by atomic mass is 9.95. The van der Waals surface area contributed by atoms with E-state index < -0.39 is 0 Å². The maximum absolute atomic E-state index is 12.5. The first-order chi connectivity index (χ1) is 9.76. The maximum Gasteiger partial charge on any atom is 0.265 e. The molecule has 4 nitrogen and oxygen atoms in total. The number of carbonyl (C=O) groups is 1.